The Bertz CT molecular complexity index is 981. The maximum Gasteiger partial charge on any atom is 0.501 e. The normalized spacial score (nSPS) is 15.9. The summed E-state index contributed by atoms with van der Waals surface area (Å²) in [5, 5.41) is 3.02. The number of nitrogens with one attached hydrogen (secondary N) is 1. The van der Waals surface area contributed by atoms with Crippen LogP contribution < -0.4 is 10.2 Å². The third kappa shape index (κ3) is 4.55. The first kappa shape index (κ1) is 21.2. The average Bonchev–Trinajstić information content (AvgIpc) is 2.68. The summed E-state index contributed by atoms with van der Waals surface area (Å²) < 4.78 is 60.8. The van der Waals surface area contributed by atoms with E-state index in [9.17, 15) is 26.4 Å². The predicted octanol–water partition coefficient (Wildman–Crippen LogP) is 3.69. The third-order valence-electron chi connectivity index (χ3n) is 5.04. The fourth-order valence-corrected chi connectivity index (χ4v) is 4.10. The van der Waals surface area contributed by atoms with Crippen LogP contribution in [0.4, 0.5) is 18.9 Å². The van der Waals surface area contributed by atoms with E-state index in [-0.39, 0.29) is 11.9 Å². The first-order valence-corrected chi connectivity index (χ1v) is 10.6. The number of hydrogen-bond acceptors (Lipinski definition) is 4. The molecule has 0 saturated carbocycles. The molecule has 0 radical (unpaired) electrons. The molecule has 0 unspecified atom stereocenters. The second-order valence-corrected chi connectivity index (χ2v) is 8.93. The molecule has 1 N–H and O–H groups in total. The van der Waals surface area contributed by atoms with Crippen molar-refractivity contribution >= 4 is 21.4 Å². The molecule has 156 valence electrons. The molecule has 5 nitrogen and oxygen atoms in total. The lowest BCUT2D eigenvalue weighted by Crippen LogP contribution is -2.44. The van der Waals surface area contributed by atoms with E-state index in [1.165, 1.54) is 12.1 Å². The molecular formula is C20H21F3N2O3S. The number of hydrogen-bond donors (Lipinski definition) is 1. The molecule has 0 bridgehead atoms. The zero-order valence-corrected chi connectivity index (χ0v) is 16.6. The summed E-state index contributed by atoms with van der Waals surface area (Å²) in [6.45, 7) is 3.08. The van der Waals surface area contributed by atoms with Crippen molar-refractivity contribution in [2.24, 2.45) is 0 Å². The maximum atomic E-state index is 12.6. The first-order chi connectivity index (χ1) is 13.6. The number of piperidine rings is 1. The van der Waals surface area contributed by atoms with E-state index in [0.29, 0.717) is 37.2 Å². The molecule has 2 aromatic rings. The van der Waals surface area contributed by atoms with Crippen molar-refractivity contribution in [1.82, 2.24) is 5.32 Å². The first-order valence-electron chi connectivity index (χ1n) is 9.12. The van der Waals surface area contributed by atoms with E-state index >= 15 is 0 Å². The lowest BCUT2D eigenvalue weighted by molar-refractivity contribution is -0.0436. The van der Waals surface area contributed by atoms with Gasteiger partial charge in [0.2, 0.25) is 0 Å². The highest BCUT2D eigenvalue weighted by Crippen LogP contribution is 2.31. The molecule has 1 fully saturated rings. The van der Waals surface area contributed by atoms with Crippen LogP contribution in [0, 0.1) is 6.92 Å². The van der Waals surface area contributed by atoms with Crippen LogP contribution in [-0.4, -0.2) is 39.0 Å². The van der Waals surface area contributed by atoms with Gasteiger partial charge < -0.3 is 10.2 Å². The van der Waals surface area contributed by atoms with Gasteiger partial charge >= 0.3 is 5.51 Å². The molecule has 1 aliphatic heterocycles. The molecule has 0 aliphatic carbocycles. The Labute approximate surface area is 167 Å². The van der Waals surface area contributed by atoms with Crippen LogP contribution in [0.1, 0.15) is 28.8 Å². The minimum atomic E-state index is -5.34. The summed E-state index contributed by atoms with van der Waals surface area (Å²) >= 11 is 0. The van der Waals surface area contributed by atoms with Gasteiger partial charge in [-0.2, -0.15) is 13.2 Å². The minimum absolute atomic E-state index is 0.00300. The second-order valence-electron chi connectivity index (χ2n) is 6.99. The zero-order valence-electron chi connectivity index (χ0n) is 15.7. The Kier molecular flexibility index (Phi) is 5.88. The molecule has 3 rings (SSSR count). The van der Waals surface area contributed by atoms with Crippen molar-refractivity contribution in [3.05, 3.63) is 59.7 Å². The Balaban J connectivity index is 1.60. The Morgan fingerprint density at radius 1 is 1.03 bits per heavy atom. The molecule has 29 heavy (non-hydrogen) atoms. The highest BCUT2D eigenvalue weighted by Gasteiger charge is 2.46. The fourth-order valence-electron chi connectivity index (χ4n) is 3.34. The van der Waals surface area contributed by atoms with Crippen LogP contribution in [0.15, 0.2) is 53.4 Å². The Hall–Kier alpha value is -2.55. The summed E-state index contributed by atoms with van der Waals surface area (Å²) in [6, 6.07) is 12.0. The number of benzene rings is 2. The van der Waals surface area contributed by atoms with Crippen LogP contribution in [-0.2, 0) is 9.84 Å². The highest BCUT2D eigenvalue weighted by molar-refractivity contribution is 7.92. The number of nitrogens with zero attached hydrogens (tertiary/aromatic N) is 1. The quantitative estimate of drug-likeness (QED) is 0.810. The molecule has 0 spiro atoms. The number of aryl methyl sites for hydroxylation is 1. The van der Waals surface area contributed by atoms with E-state index in [1.807, 2.05) is 30.0 Å². The van der Waals surface area contributed by atoms with Crippen LogP contribution in [0.5, 0.6) is 0 Å². The van der Waals surface area contributed by atoms with E-state index in [2.05, 4.69) is 5.32 Å². The van der Waals surface area contributed by atoms with Gasteiger partial charge in [0, 0.05) is 30.4 Å². The van der Waals surface area contributed by atoms with Gasteiger partial charge in [-0.25, -0.2) is 8.42 Å². The van der Waals surface area contributed by atoms with Crippen LogP contribution in [0.3, 0.4) is 0 Å². The van der Waals surface area contributed by atoms with Gasteiger partial charge in [0.05, 0.1) is 4.90 Å². The monoisotopic (exact) mass is 426 g/mol. The smallest absolute Gasteiger partial charge is 0.371 e. The predicted molar refractivity (Wildman–Crippen MR) is 104 cm³/mol. The number of carbonyl (C=O) groups is 1. The highest BCUT2D eigenvalue weighted by atomic mass is 32.2. The summed E-state index contributed by atoms with van der Waals surface area (Å²) in [5.41, 5.74) is -3.13. The van der Waals surface area contributed by atoms with Gasteiger partial charge in [0.15, 0.2) is 0 Å². The lowest BCUT2D eigenvalue weighted by atomic mass is 10.0. The van der Waals surface area contributed by atoms with Crippen molar-refractivity contribution in [2.45, 2.75) is 36.2 Å². The molecule has 1 aliphatic rings. The number of amides is 1. The van der Waals surface area contributed by atoms with Gasteiger partial charge in [0.25, 0.3) is 15.7 Å². The van der Waals surface area contributed by atoms with Gasteiger partial charge in [-0.1, -0.05) is 18.2 Å². The molecule has 2 aromatic carbocycles. The van der Waals surface area contributed by atoms with Crippen molar-refractivity contribution in [3.8, 4) is 0 Å². The standard InChI is InChI=1S/C20H21F3N2O3S/c1-14-4-2-3-5-18(14)19(26)24-15-10-12-25(13-11-15)16-6-8-17(9-7-16)29(27,28)20(21,22)23/h2-9,15H,10-13H2,1H3,(H,24,26). The lowest BCUT2D eigenvalue weighted by Gasteiger charge is -2.34. The largest absolute Gasteiger partial charge is 0.501 e. The molecule has 9 heteroatoms. The van der Waals surface area contributed by atoms with Crippen molar-refractivity contribution in [3.63, 3.8) is 0 Å². The van der Waals surface area contributed by atoms with Crippen LogP contribution in [0.2, 0.25) is 0 Å². The molecule has 1 heterocycles. The number of carbonyl (C=O) groups excluding carboxylic acids is 1. The maximum absolute atomic E-state index is 12.6. The second kappa shape index (κ2) is 8.06. The average molecular weight is 426 g/mol. The summed E-state index contributed by atoms with van der Waals surface area (Å²) in [7, 11) is -5.34. The van der Waals surface area contributed by atoms with Gasteiger partial charge in [-0.15, -0.1) is 0 Å². The van der Waals surface area contributed by atoms with E-state index in [0.717, 1.165) is 17.7 Å². The Morgan fingerprint density at radius 2 is 1.62 bits per heavy atom. The number of anilines is 1. The molecular weight excluding hydrogens is 405 g/mol. The van der Waals surface area contributed by atoms with E-state index < -0.39 is 20.2 Å². The molecule has 0 atom stereocenters. The van der Waals surface area contributed by atoms with Gasteiger partial charge in [-0.05, 0) is 55.7 Å². The summed E-state index contributed by atoms with van der Waals surface area (Å²) in [4.78, 5) is 13.6. The molecule has 0 aromatic heterocycles. The number of alkyl halides is 3. The minimum Gasteiger partial charge on any atom is -0.371 e. The van der Waals surface area contributed by atoms with Crippen LogP contribution >= 0.6 is 0 Å². The SMILES string of the molecule is Cc1ccccc1C(=O)NC1CCN(c2ccc(S(=O)(=O)C(F)(F)F)cc2)CC1. The molecule has 1 amide bonds. The van der Waals surface area contributed by atoms with Crippen molar-refractivity contribution in [2.75, 3.05) is 18.0 Å². The number of sulfone groups is 1. The van der Waals surface area contributed by atoms with E-state index in [1.54, 1.807) is 6.07 Å². The zero-order chi connectivity index (χ0) is 21.2. The molecule has 1 saturated heterocycles. The van der Waals surface area contributed by atoms with Crippen molar-refractivity contribution in [1.29, 1.82) is 0 Å². The fraction of sp³-hybridized carbons (Fsp3) is 0.350. The number of halogens is 3. The van der Waals surface area contributed by atoms with Gasteiger partial charge in [-0.3, -0.25) is 4.79 Å². The number of rotatable bonds is 4. The van der Waals surface area contributed by atoms with E-state index in [4.69, 9.17) is 0 Å². The Morgan fingerprint density at radius 3 is 2.17 bits per heavy atom. The third-order valence-corrected chi connectivity index (χ3v) is 6.54. The van der Waals surface area contributed by atoms with Crippen LogP contribution in [0.25, 0.3) is 0 Å². The summed E-state index contributed by atoms with van der Waals surface area (Å²) in [6.07, 6.45) is 1.36. The van der Waals surface area contributed by atoms with Gasteiger partial charge in [0.1, 0.15) is 0 Å². The topological polar surface area (TPSA) is 66.5 Å². The summed E-state index contributed by atoms with van der Waals surface area (Å²) in [5.74, 6) is -0.122. The van der Waals surface area contributed by atoms with Crippen molar-refractivity contribution < 1.29 is 26.4 Å².